The first-order valence-corrected chi connectivity index (χ1v) is 8.40. The summed E-state index contributed by atoms with van der Waals surface area (Å²) in [5.41, 5.74) is 20.6. The molecule has 0 unspecified atom stereocenters. The van der Waals surface area contributed by atoms with Crippen LogP contribution in [0.5, 0.6) is 0 Å². The summed E-state index contributed by atoms with van der Waals surface area (Å²) in [6.45, 7) is 0. The highest BCUT2D eigenvalue weighted by Gasteiger charge is 2.04. The van der Waals surface area contributed by atoms with Gasteiger partial charge in [-0.05, 0) is 41.6 Å². The number of carbonyl (C=O) groups is 1. The van der Waals surface area contributed by atoms with E-state index in [0.717, 1.165) is 16.8 Å². The average molecular weight is 376 g/mol. The minimum Gasteiger partial charge on any atom is -0.481 e. The van der Waals surface area contributed by atoms with Gasteiger partial charge in [-0.15, -0.1) is 0 Å². The summed E-state index contributed by atoms with van der Waals surface area (Å²) in [7, 11) is 0. The first-order valence-electron chi connectivity index (χ1n) is 8.40. The minimum absolute atomic E-state index is 0.0235. The lowest BCUT2D eigenvalue weighted by atomic mass is 10.1. The maximum atomic E-state index is 10.9. The Morgan fingerprint density at radius 3 is 2.07 bits per heavy atom. The van der Waals surface area contributed by atoms with Crippen LogP contribution in [-0.4, -0.2) is 17.3 Å². The molecule has 9 heteroatoms. The molecule has 9 nitrogen and oxygen atoms in total. The van der Waals surface area contributed by atoms with Gasteiger partial charge in [0.2, 0.25) is 5.69 Å². The smallest absolute Gasteiger partial charge is 0.303 e. The van der Waals surface area contributed by atoms with Crippen LogP contribution in [0.15, 0.2) is 70.4 Å². The number of nitrogens with zero attached hydrogens (tertiary/aromatic N) is 6. The van der Waals surface area contributed by atoms with E-state index in [4.69, 9.17) is 16.2 Å². The van der Waals surface area contributed by atoms with Crippen molar-refractivity contribution in [2.45, 2.75) is 19.3 Å². The molecule has 2 aromatic rings. The molecule has 2 N–H and O–H groups in total. The van der Waals surface area contributed by atoms with Crippen LogP contribution in [-0.2, 0) is 11.2 Å². The lowest BCUT2D eigenvalue weighted by Crippen LogP contribution is -2.61. The van der Waals surface area contributed by atoms with E-state index in [1.165, 1.54) is 0 Å². The lowest BCUT2D eigenvalue weighted by Gasteiger charge is -2.00. The molecular formula is C19H18N7O2+. The molecule has 0 fully saturated rings. The number of hydrogen-bond acceptors (Lipinski definition) is 3. The first-order chi connectivity index (χ1) is 13.6. The van der Waals surface area contributed by atoms with Crippen LogP contribution in [0.25, 0.3) is 20.9 Å². The molecule has 0 saturated carbocycles. The summed E-state index contributed by atoms with van der Waals surface area (Å²) in [6, 6.07) is 14.1. The number of carboxylic acid groups (broad SMARTS) is 1. The summed E-state index contributed by atoms with van der Waals surface area (Å²) in [5, 5.41) is 16.0. The van der Waals surface area contributed by atoms with Crippen LogP contribution in [0.1, 0.15) is 18.4 Å². The zero-order valence-corrected chi connectivity index (χ0v) is 14.9. The maximum Gasteiger partial charge on any atom is 0.303 e. The van der Waals surface area contributed by atoms with Gasteiger partial charge < -0.3 is 5.11 Å². The number of aliphatic carboxylic acids is 1. The summed E-state index contributed by atoms with van der Waals surface area (Å²) in [4.78, 5) is 19.5. The molecular weight excluding hydrogens is 358 g/mol. The number of hydrogen-bond donors (Lipinski definition) is 2. The maximum absolute atomic E-state index is 10.9. The Hall–Kier alpha value is -4.06. The van der Waals surface area contributed by atoms with Gasteiger partial charge in [0, 0.05) is 45.3 Å². The fourth-order valence-electron chi connectivity index (χ4n) is 2.34. The van der Waals surface area contributed by atoms with Gasteiger partial charge in [0.25, 0.3) is 0 Å². The van der Waals surface area contributed by atoms with E-state index < -0.39 is 5.97 Å². The molecule has 0 aliphatic heterocycles. The van der Waals surface area contributed by atoms with Crippen molar-refractivity contribution in [1.29, 1.82) is 0 Å². The number of azide groups is 2. The van der Waals surface area contributed by atoms with Crippen LogP contribution in [0.4, 0.5) is 17.1 Å². The number of allylic oxidation sites excluding steroid dienone is 2. The second kappa shape index (κ2) is 10.8. The number of nitrogens with one attached hydrogen (secondary N) is 1. The third-order valence-corrected chi connectivity index (χ3v) is 3.78. The van der Waals surface area contributed by atoms with Gasteiger partial charge in [-0.2, -0.15) is 0 Å². The zero-order chi connectivity index (χ0) is 20.2. The SMILES string of the molecule is [N-]=[N+]=Nc1ccc(C/C=C(/C=[NH+]c2ccc(N=[N+]=[N-])cc2)CCC(=O)O)cc1. The van der Waals surface area contributed by atoms with Crippen LogP contribution in [0.2, 0.25) is 0 Å². The zero-order valence-electron chi connectivity index (χ0n) is 14.9. The standard InChI is InChI=1S/C19H17N7O2/c20-25-23-17-6-3-14(4-7-17)1-2-15(5-12-19(27)28)13-22-16-8-10-18(11-9-16)24-26-21/h2-4,6-11,13H,1,5,12H2,(H,27,28)/p+1/b15-2+,22-13?. The molecule has 0 saturated heterocycles. The molecule has 0 aliphatic carbocycles. The number of benzene rings is 2. The number of rotatable bonds is 9. The molecule has 0 aromatic heterocycles. The van der Waals surface area contributed by atoms with Crippen LogP contribution < -0.4 is 4.99 Å². The molecule has 28 heavy (non-hydrogen) atoms. The van der Waals surface area contributed by atoms with Crippen molar-refractivity contribution in [3.8, 4) is 0 Å². The fraction of sp³-hybridized carbons (Fsp3) is 0.158. The van der Waals surface area contributed by atoms with Crippen LogP contribution in [0.3, 0.4) is 0 Å². The van der Waals surface area contributed by atoms with E-state index in [2.05, 4.69) is 25.0 Å². The van der Waals surface area contributed by atoms with Gasteiger partial charge in [-0.3, -0.25) is 4.79 Å². The third-order valence-electron chi connectivity index (χ3n) is 3.78. The van der Waals surface area contributed by atoms with Gasteiger partial charge >= 0.3 is 5.97 Å². The molecule has 0 atom stereocenters. The van der Waals surface area contributed by atoms with E-state index >= 15 is 0 Å². The van der Waals surface area contributed by atoms with Gasteiger partial charge in [-0.25, -0.2) is 4.99 Å². The molecule has 0 bridgehead atoms. The molecule has 0 spiro atoms. The van der Waals surface area contributed by atoms with Crippen molar-refractivity contribution >= 4 is 29.2 Å². The highest BCUT2D eigenvalue weighted by Crippen LogP contribution is 2.15. The van der Waals surface area contributed by atoms with E-state index in [1.54, 1.807) is 42.6 Å². The summed E-state index contributed by atoms with van der Waals surface area (Å²) >= 11 is 0. The second-order valence-corrected chi connectivity index (χ2v) is 5.76. The molecule has 140 valence electrons. The Kier molecular flexibility index (Phi) is 7.83. The van der Waals surface area contributed by atoms with Crippen molar-refractivity contribution in [1.82, 2.24) is 0 Å². The third kappa shape index (κ3) is 7.05. The summed E-state index contributed by atoms with van der Waals surface area (Å²) in [6.07, 6.45) is 4.73. The Balaban J connectivity index is 2.13. The van der Waals surface area contributed by atoms with Crippen molar-refractivity contribution < 1.29 is 14.9 Å². The minimum atomic E-state index is -0.864. The Morgan fingerprint density at radius 1 is 0.964 bits per heavy atom. The average Bonchev–Trinajstić information content (AvgIpc) is 2.70. The van der Waals surface area contributed by atoms with Crippen molar-refractivity contribution in [3.63, 3.8) is 0 Å². The monoisotopic (exact) mass is 376 g/mol. The number of carboxylic acids is 1. The van der Waals surface area contributed by atoms with E-state index in [-0.39, 0.29) is 6.42 Å². The van der Waals surface area contributed by atoms with Gasteiger partial charge in [0.05, 0.1) is 0 Å². The van der Waals surface area contributed by atoms with E-state index in [1.807, 2.05) is 18.2 Å². The normalized spacial score (nSPS) is 10.9. The van der Waals surface area contributed by atoms with E-state index in [0.29, 0.717) is 24.2 Å². The van der Waals surface area contributed by atoms with Crippen LogP contribution >= 0.6 is 0 Å². The van der Waals surface area contributed by atoms with Gasteiger partial charge in [0.1, 0.15) is 0 Å². The summed E-state index contributed by atoms with van der Waals surface area (Å²) < 4.78 is 0. The van der Waals surface area contributed by atoms with Gasteiger partial charge in [0.15, 0.2) is 6.21 Å². The fourth-order valence-corrected chi connectivity index (χ4v) is 2.34. The Labute approximate surface area is 160 Å². The van der Waals surface area contributed by atoms with Crippen LogP contribution in [0, 0.1) is 0 Å². The molecule has 0 radical (unpaired) electrons. The highest BCUT2D eigenvalue weighted by molar-refractivity contribution is 5.76. The van der Waals surface area contributed by atoms with Gasteiger partial charge in [-0.1, -0.05) is 40.6 Å². The Bertz CT molecular complexity index is 966. The second-order valence-electron chi connectivity index (χ2n) is 5.76. The topological polar surface area (TPSA) is 149 Å². The lowest BCUT2D eigenvalue weighted by molar-refractivity contribution is -0.347. The predicted molar refractivity (Wildman–Crippen MR) is 106 cm³/mol. The summed E-state index contributed by atoms with van der Waals surface area (Å²) in [5.74, 6) is -0.864. The van der Waals surface area contributed by atoms with Crippen molar-refractivity contribution in [2.75, 3.05) is 0 Å². The first kappa shape index (κ1) is 20.3. The van der Waals surface area contributed by atoms with E-state index in [9.17, 15) is 4.79 Å². The highest BCUT2D eigenvalue weighted by atomic mass is 16.4. The van der Waals surface area contributed by atoms with Crippen molar-refractivity contribution in [3.05, 3.63) is 86.6 Å². The molecule has 0 amide bonds. The molecule has 0 aliphatic rings. The molecule has 2 rings (SSSR count). The Morgan fingerprint density at radius 2 is 1.54 bits per heavy atom. The predicted octanol–water partition coefficient (Wildman–Crippen LogP) is 4.39. The quantitative estimate of drug-likeness (QED) is 0.289. The van der Waals surface area contributed by atoms with Crippen molar-refractivity contribution in [2.24, 2.45) is 10.2 Å². The molecule has 2 aromatic carbocycles. The largest absolute Gasteiger partial charge is 0.481 e. The molecule has 0 heterocycles.